The lowest BCUT2D eigenvalue weighted by atomic mass is 10.1. The van der Waals surface area contributed by atoms with Gasteiger partial charge in [0.2, 0.25) is 0 Å². The van der Waals surface area contributed by atoms with Crippen molar-refractivity contribution in [3.8, 4) is 0 Å². The van der Waals surface area contributed by atoms with E-state index in [9.17, 15) is 4.39 Å². The van der Waals surface area contributed by atoms with Crippen LogP contribution >= 0.6 is 0 Å². The van der Waals surface area contributed by atoms with Crippen molar-refractivity contribution in [1.82, 2.24) is 10.0 Å². The molecule has 0 aromatic rings. The normalized spacial score (nSPS) is 20.8. The zero-order valence-corrected chi connectivity index (χ0v) is 14.5. The van der Waals surface area contributed by atoms with Gasteiger partial charge in [0.05, 0.1) is 18.3 Å². The third-order valence-corrected chi connectivity index (χ3v) is 3.55. The predicted molar refractivity (Wildman–Crippen MR) is 99.3 cm³/mol. The van der Waals surface area contributed by atoms with Gasteiger partial charge in [0.15, 0.2) is 0 Å². The molecule has 0 saturated carbocycles. The lowest BCUT2D eigenvalue weighted by Crippen LogP contribution is -2.48. The van der Waals surface area contributed by atoms with Crippen LogP contribution in [0.15, 0.2) is 65.2 Å². The monoisotopic (exact) mass is 331 g/mol. The number of rotatable bonds is 7. The summed E-state index contributed by atoms with van der Waals surface area (Å²) in [6.45, 7) is 8.08. The molecule has 0 saturated heterocycles. The standard InChI is InChI=1S/C18H26FN5/c1-5-8-10-22-17-11-15(18(20)21)12-23(4)24(17)13-14(9-6-2)16(19)7-3/h5-11,15H,3,12-13H2,1-2,4H3,(H3,20,21)/b8-5-,9-6-,16-14-,22-10-. The number of hydrazine groups is 1. The minimum Gasteiger partial charge on any atom is -0.387 e. The van der Waals surface area contributed by atoms with Crippen molar-refractivity contribution < 1.29 is 4.39 Å². The largest absolute Gasteiger partial charge is 0.387 e. The van der Waals surface area contributed by atoms with Crippen molar-refractivity contribution in [3.63, 3.8) is 0 Å². The Morgan fingerprint density at radius 2 is 2.21 bits per heavy atom. The zero-order valence-electron chi connectivity index (χ0n) is 14.5. The maximum Gasteiger partial charge on any atom is 0.139 e. The molecule has 1 rings (SSSR count). The highest BCUT2D eigenvalue weighted by Crippen LogP contribution is 2.23. The lowest BCUT2D eigenvalue weighted by Gasteiger charge is -2.39. The van der Waals surface area contributed by atoms with E-state index in [2.05, 4.69) is 11.6 Å². The number of aliphatic imine (C=N–C) groups is 1. The van der Waals surface area contributed by atoms with Crippen molar-refractivity contribution in [3.05, 3.63) is 60.3 Å². The maximum atomic E-state index is 14.0. The van der Waals surface area contributed by atoms with E-state index in [1.54, 1.807) is 18.4 Å². The summed E-state index contributed by atoms with van der Waals surface area (Å²) in [5, 5.41) is 11.4. The fourth-order valence-electron chi connectivity index (χ4n) is 2.28. The molecule has 130 valence electrons. The molecule has 24 heavy (non-hydrogen) atoms. The van der Waals surface area contributed by atoms with Gasteiger partial charge >= 0.3 is 0 Å². The van der Waals surface area contributed by atoms with Crippen LogP contribution in [-0.4, -0.2) is 42.2 Å². The molecular weight excluding hydrogens is 305 g/mol. The van der Waals surface area contributed by atoms with Crippen molar-refractivity contribution in [2.75, 3.05) is 20.1 Å². The molecule has 1 heterocycles. The Bertz CT molecular complexity index is 613. The maximum absolute atomic E-state index is 14.0. The Labute approximate surface area is 143 Å². The molecule has 6 heteroatoms. The zero-order chi connectivity index (χ0) is 18.1. The van der Waals surface area contributed by atoms with Gasteiger partial charge in [-0.3, -0.25) is 10.4 Å². The summed E-state index contributed by atoms with van der Waals surface area (Å²) in [6, 6.07) is 0. The molecule has 1 aliphatic rings. The minimum atomic E-state index is -0.369. The van der Waals surface area contributed by atoms with E-state index >= 15 is 0 Å². The molecule has 0 spiro atoms. The molecule has 3 N–H and O–H groups in total. The number of hydrogen-bond donors (Lipinski definition) is 2. The van der Waals surface area contributed by atoms with Crippen LogP contribution in [0.5, 0.6) is 0 Å². The van der Waals surface area contributed by atoms with Gasteiger partial charge in [-0.15, -0.1) is 0 Å². The Morgan fingerprint density at radius 1 is 1.50 bits per heavy atom. The second-order valence-electron chi connectivity index (χ2n) is 5.37. The Hall–Kier alpha value is -2.47. The SMILES string of the molecule is C=C/C(F)=C(\C=C/C)CN1C(/N=C\C=C/C)=CC(C(=N)N)CN1C. The number of amidine groups is 1. The van der Waals surface area contributed by atoms with Gasteiger partial charge in [-0.2, -0.15) is 0 Å². The van der Waals surface area contributed by atoms with E-state index in [1.165, 1.54) is 6.08 Å². The fraction of sp³-hybridized carbons (Fsp3) is 0.333. The number of nitrogens with one attached hydrogen (secondary N) is 1. The van der Waals surface area contributed by atoms with Gasteiger partial charge < -0.3 is 5.73 Å². The smallest absolute Gasteiger partial charge is 0.139 e. The molecule has 0 aromatic heterocycles. The van der Waals surface area contributed by atoms with Gasteiger partial charge in [0.25, 0.3) is 0 Å². The second kappa shape index (κ2) is 9.62. The van der Waals surface area contributed by atoms with Crippen LogP contribution < -0.4 is 5.73 Å². The van der Waals surface area contributed by atoms with E-state index in [0.717, 1.165) is 0 Å². The molecule has 1 aliphatic heterocycles. The summed E-state index contributed by atoms with van der Waals surface area (Å²) in [6.07, 6.45) is 11.9. The fourth-order valence-corrected chi connectivity index (χ4v) is 2.28. The summed E-state index contributed by atoms with van der Waals surface area (Å²) in [7, 11) is 1.87. The lowest BCUT2D eigenvalue weighted by molar-refractivity contribution is 0.0281. The molecule has 0 aliphatic carbocycles. The van der Waals surface area contributed by atoms with E-state index in [-0.39, 0.29) is 17.6 Å². The van der Waals surface area contributed by atoms with Crippen LogP contribution in [0.25, 0.3) is 0 Å². The number of hydrogen-bond acceptors (Lipinski definition) is 4. The summed E-state index contributed by atoms with van der Waals surface area (Å²) in [4.78, 5) is 4.42. The van der Waals surface area contributed by atoms with Crippen molar-refractivity contribution in [1.29, 1.82) is 5.41 Å². The molecular formula is C18H26FN5. The molecule has 0 amide bonds. The predicted octanol–water partition coefficient (Wildman–Crippen LogP) is 3.17. The molecule has 5 nitrogen and oxygen atoms in total. The van der Waals surface area contributed by atoms with Gasteiger partial charge in [0, 0.05) is 25.4 Å². The first-order valence-electron chi connectivity index (χ1n) is 7.78. The van der Waals surface area contributed by atoms with Crippen molar-refractivity contribution in [2.45, 2.75) is 13.8 Å². The van der Waals surface area contributed by atoms with Crippen molar-refractivity contribution in [2.24, 2.45) is 16.6 Å². The van der Waals surface area contributed by atoms with Gasteiger partial charge in [-0.1, -0.05) is 24.8 Å². The number of nitrogens with zero attached hydrogens (tertiary/aromatic N) is 3. The highest BCUT2D eigenvalue weighted by atomic mass is 19.1. The molecule has 0 aromatic carbocycles. The van der Waals surface area contributed by atoms with Crippen LogP contribution in [0, 0.1) is 11.3 Å². The van der Waals surface area contributed by atoms with E-state index < -0.39 is 0 Å². The first-order chi connectivity index (χ1) is 11.4. The third-order valence-electron chi connectivity index (χ3n) is 3.55. The van der Waals surface area contributed by atoms with Crippen molar-refractivity contribution >= 4 is 12.1 Å². The quantitative estimate of drug-likeness (QED) is 0.428. The Kier molecular flexibility index (Phi) is 7.85. The van der Waals surface area contributed by atoms with Gasteiger partial charge in [-0.05, 0) is 32.1 Å². The highest BCUT2D eigenvalue weighted by Gasteiger charge is 2.26. The molecule has 0 bridgehead atoms. The van der Waals surface area contributed by atoms with E-state index in [4.69, 9.17) is 11.1 Å². The summed E-state index contributed by atoms with van der Waals surface area (Å²) < 4.78 is 14.0. The first-order valence-corrected chi connectivity index (χ1v) is 7.78. The average Bonchev–Trinajstić information content (AvgIpc) is 2.55. The van der Waals surface area contributed by atoms with Gasteiger partial charge in [-0.25, -0.2) is 14.4 Å². The van der Waals surface area contributed by atoms with Crippen LogP contribution in [0.1, 0.15) is 13.8 Å². The van der Waals surface area contributed by atoms with Gasteiger partial charge in [0.1, 0.15) is 11.6 Å². The highest BCUT2D eigenvalue weighted by molar-refractivity contribution is 5.82. The van der Waals surface area contributed by atoms with Crippen LogP contribution in [0.4, 0.5) is 4.39 Å². The minimum absolute atomic E-state index is 0.0849. The Morgan fingerprint density at radius 3 is 2.75 bits per heavy atom. The topological polar surface area (TPSA) is 68.7 Å². The van der Waals surface area contributed by atoms with Crippen LogP contribution in [0.2, 0.25) is 0 Å². The first kappa shape index (κ1) is 19.6. The molecule has 1 atom stereocenters. The second-order valence-corrected chi connectivity index (χ2v) is 5.37. The third kappa shape index (κ3) is 5.31. The average molecular weight is 331 g/mol. The Balaban J connectivity index is 3.22. The molecule has 0 fully saturated rings. The summed E-state index contributed by atoms with van der Waals surface area (Å²) >= 11 is 0. The number of allylic oxidation sites excluding steroid dienone is 5. The molecule has 0 radical (unpaired) electrons. The van der Waals surface area contributed by atoms with E-state index in [0.29, 0.717) is 24.5 Å². The van der Waals surface area contributed by atoms with Crippen LogP contribution in [0.3, 0.4) is 0 Å². The van der Waals surface area contributed by atoms with Crippen LogP contribution in [-0.2, 0) is 0 Å². The summed E-state index contributed by atoms with van der Waals surface area (Å²) in [5.74, 6) is 0.122. The molecule has 1 unspecified atom stereocenters. The van der Waals surface area contributed by atoms with E-state index in [1.807, 2.05) is 49.1 Å². The summed E-state index contributed by atoms with van der Waals surface area (Å²) in [5.41, 5.74) is 6.15. The number of halogens is 1. The number of nitrogens with two attached hydrogens (primary N) is 1.